The minimum atomic E-state index is -0.904. The van der Waals surface area contributed by atoms with Crippen molar-refractivity contribution >= 4 is 11.9 Å². The highest BCUT2D eigenvalue weighted by Gasteiger charge is 2.27. The molecule has 0 unspecified atom stereocenters. The molecule has 0 bridgehead atoms. The molecule has 2 heterocycles. The fourth-order valence-corrected chi connectivity index (χ4v) is 1.86. The van der Waals surface area contributed by atoms with Crippen molar-refractivity contribution in [3.05, 3.63) is 11.7 Å². The highest BCUT2D eigenvalue weighted by molar-refractivity contribution is 5.89. The molecule has 2 rings (SSSR count). The molecule has 1 aliphatic heterocycles. The molecule has 1 amide bonds. The van der Waals surface area contributed by atoms with Crippen LogP contribution in [0.15, 0.2) is 4.52 Å². The molecule has 1 saturated heterocycles. The first-order valence-corrected chi connectivity index (χ1v) is 5.40. The Morgan fingerprint density at radius 2 is 2.06 bits per heavy atom. The van der Waals surface area contributed by atoms with Crippen molar-refractivity contribution in [1.29, 1.82) is 0 Å². The van der Waals surface area contributed by atoms with E-state index in [9.17, 15) is 9.59 Å². The van der Waals surface area contributed by atoms with Gasteiger partial charge in [0.25, 0.3) is 0 Å². The lowest BCUT2D eigenvalue weighted by Crippen LogP contribution is -2.36. The van der Waals surface area contributed by atoms with Crippen LogP contribution >= 0.6 is 0 Å². The number of carbonyl (C=O) groups is 2. The predicted molar refractivity (Wildman–Crippen MR) is 55.9 cm³/mol. The van der Waals surface area contributed by atoms with Crippen molar-refractivity contribution in [3.63, 3.8) is 0 Å². The van der Waals surface area contributed by atoms with Crippen molar-refractivity contribution in [2.24, 2.45) is 0 Å². The summed E-state index contributed by atoms with van der Waals surface area (Å²) in [6.07, 6.45) is 0.385. The molecule has 0 saturated carbocycles. The average molecular weight is 239 g/mol. The quantitative estimate of drug-likeness (QED) is 0.777. The topological polar surface area (TPSA) is 96.5 Å². The summed E-state index contributed by atoms with van der Waals surface area (Å²) in [6.45, 7) is 2.29. The summed E-state index contributed by atoms with van der Waals surface area (Å²) in [5.41, 5.74) is 0. The molecule has 1 N–H and O–H groups in total. The van der Waals surface area contributed by atoms with Crippen LogP contribution in [0.3, 0.4) is 0 Å². The third-order valence-corrected chi connectivity index (χ3v) is 2.87. The Morgan fingerprint density at radius 1 is 1.41 bits per heavy atom. The maximum absolute atomic E-state index is 11.0. The van der Waals surface area contributed by atoms with Gasteiger partial charge in [-0.05, 0) is 12.8 Å². The van der Waals surface area contributed by atoms with Crippen LogP contribution in [0, 0.1) is 0 Å². The molecular formula is C10H13N3O4. The molecule has 1 fully saturated rings. The van der Waals surface area contributed by atoms with E-state index in [1.165, 1.54) is 11.8 Å². The van der Waals surface area contributed by atoms with Crippen molar-refractivity contribution < 1.29 is 19.2 Å². The Kier molecular flexibility index (Phi) is 3.08. The normalized spacial score (nSPS) is 17.1. The van der Waals surface area contributed by atoms with Gasteiger partial charge >= 0.3 is 6.09 Å². The first kappa shape index (κ1) is 11.6. The first-order valence-electron chi connectivity index (χ1n) is 5.40. The van der Waals surface area contributed by atoms with Crippen LogP contribution in [-0.4, -0.2) is 45.1 Å². The second-order valence-corrected chi connectivity index (χ2v) is 4.06. The number of carboxylic acid groups (broad SMARTS) is 1. The second-order valence-electron chi connectivity index (χ2n) is 4.06. The zero-order valence-electron chi connectivity index (χ0n) is 9.42. The van der Waals surface area contributed by atoms with Crippen LogP contribution in [0.1, 0.15) is 42.2 Å². The number of carbonyl (C=O) groups excluding carboxylic acids is 1. The summed E-state index contributed by atoms with van der Waals surface area (Å²) in [4.78, 5) is 27.1. The lowest BCUT2D eigenvalue weighted by atomic mass is 9.97. The number of amides is 1. The molecule has 1 aromatic heterocycles. The molecule has 0 aliphatic carbocycles. The van der Waals surface area contributed by atoms with Gasteiger partial charge in [0.2, 0.25) is 17.5 Å². The van der Waals surface area contributed by atoms with E-state index in [1.54, 1.807) is 0 Å². The van der Waals surface area contributed by atoms with E-state index in [0.717, 1.165) is 0 Å². The number of likely N-dealkylation sites (tertiary alicyclic amines) is 1. The largest absolute Gasteiger partial charge is 0.465 e. The van der Waals surface area contributed by atoms with Gasteiger partial charge in [-0.2, -0.15) is 4.98 Å². The molecular weight excluding hydrogens is 226 g/mol. The number of hydrogen-bond acceptors (Lipinski definition) is 5. The van der Waals surface area contributed by atoms with Gasteiger partial charge in [-0.25, -0.2) is 4.79 Å². The molecule has 1 aliphatic rings. The standard InChI is InChI=1S/C10H13N3O4/c1-6(14)8-11-9(17-12-8)7-2-4-13(5-3-7)10(15)16/h7H,2-5H2,1H3,(H,15,16). The predicted octanol–water partition coefficient (Wildman–Crippen LogP) is 1.13. The lowest BCUT2D eigenvalue weighted by molar-refractivity contribution is 0.1000. The summed E-state index contributed by atoms with van der Waals surface area (Å²) in [7, 11) is 0. The van der Waals surface area contributed by atoms with Gasteiger partial charge in [0.1, 0.15) is 0 Å². The molecule has 7 nitrogen and oxygen atoms in total. The summed E-state index contributed by atoms with van der Waals surface area (Å²) in [6, 6.07) is 0. The third kappa shape index (κ3) is 2.43. The van der Waals surface area contributed by atoms with Gasteiger partial charge in [0.05, 0.1) is 0 Å². The zero-order valence-corrected chi connectivity index (χ0v) is 9.42. The van der Waals surface area contributed by atoms with Gasteiger partial charge in [0.15, 0.2) is 0 Å². The van der Waals surface area contributed by atoms with Gasteiger partial charge in [-0.1, -0.05) is 5.16 Å². The fourth-order valence-electron chi connectivity index (χ4n) is 1.86. The molecule has 1 aromatic rings. The van der Waals surface area contributed by atoms with E-state index in [1.807, 2.05) is 0 Å². The van der Waals surface area contributed by atoms with E-state index in [0.29, 0.717) is 31.8 Å². The van der Waals surface area contributed by atoms with Crippen LogP contribution < -0.4 is 0 Å². The minimum absolute atomic E-state index is 0.0474. The Bertz CT molecular complexity index is 435. The van der Waals surface area contributed by atoms with E-state index < -0.39 is 6.09 Å². The summed E-state index contributed by atoms with van der Waals surface area (Å²) >= 11 is 0. The molecule has 17 heavy (non-hydrogen) atoms. The lowest BCUT2D eigenvalue weighted by Gasteiger charge is -2.27. The monoisotopic (exact) mass is 239 g/mol. The van der Waals surface area contributed by atoms with E-state index >= 15 is 0 Å². The zero-order chi connectivity index (χ0) is 12.4. The van der Waals surface area contributed by atoms with Gasteiger partial charge in [0, 0.05) is 25.9 Å². The summed E-state index contributed by atoms with van der Waals surface area (Å²) < 4.78 is 5.01. The highest BCUT2D eigenvalue weighted by Crippen LogP contribution is 2.26. The Morgan fingerprint density at radius 3 is 2.53 bits per heavy atom. The van der Waals surface area contributed by atoms with Crippen LogP contribution in [0.4, 0.5) is 4.79 Å². The maximum Gasteiger partial charge on any atom is 0.407 e. The summed E-state index contributed by atoms with van der Waals surface area (Å²) in [5.74, 6) is 0.329. The van der Waals surface area contributed by atoms with Gasteiger partial charge < -0.3 is 14.5 Å². The Balaban J connectivity index is 2.00. The molecule has 0 radical (unpaired) electrons. The molecule has 92 valence electrons. The van der Waals surface area contributed by atoms with E-state index in [-0.39, 0.29) is 17.5 Å². The van der Waals surface area contributed by atoms with Crippen LogP contribution in [0.2, 0.25) is 0 Å². The number of ketones is 1. The molecule has 0 atom stereocenters. The highest BCUT2D eigenvalue weighted by atomic mass is 16.5. The SMILES string of the molecule is CC(=O)c1noc(C2CCN(C(=O)O)CC2)n1. The number of aromatic nitrogens is 2. The van der Waals surface area contributed by atoms with Crippen LogP contribution in [0.25, 0.3) is 0 Å². The van der Waals surface area contributed by atoms with Crippen molar-refractivity contribution in [1.82, 2.24) is 15.0 Å². The van der Waals surface area contributed by atoms with E-state index in [2.05, 4.69) is 10.1 Å². The fraction of sp³-hybridized carbons (Fsp3) is 0.600. The Hall–Kier alpha value is -1.92. The van der Waals surface area contributed by atoms with Crippen molar-refractivity contribution in [2.45, 2.75) is 25.7 Å². The number of piperidine rings is 1. The Labute approximate surface area is 97.4 Å². The summed E-state index contributed by atoms with van der Waals surface area (Å²) in [5, 5.41) is 12.4. The molecule has 0 spiro atoms. The molecule has 7 heteroatoms. The maximum atomic E-state index is 11.0. The minimum Gasteiger partial charge on any atom is -0.465 e. The number of nitrogens with zero attached hydrogens (tertiary/aromatic N) is 3. The molecule has 0 aromatic carbocycles. The number of hydrogen-bond donors (Lipinski definition) is 1. The number of rotatable bonds is 2. The van der Waals surface area contributed by atoms with Crippen molar-refractivity contribution in [2.75, 3.05) is 13.1 Å². The van der Waals surface area contributed by atoms with Gasteiger partial charge in [-0.3, -0.25) is 4.79 Å². The smallest absolute Gasteiger partial charge is 0.407 e. The van der Waals surface area contributed by atoms with Crippen LogP contribution in [0.5, 0.6) is 0 Å². The average Bonchev–Trinajstić information content (AvgIpc) is 2.78. The van der Waals surface area contributed by atoms with E-state index in [4.69, 9.17) is 9.63 Å². The first-order chi connectivity index (χ1) is 8.08. The third-order valence-electron chi connectivity index (χ3n) is 2.87. The van der Waals surface area contributed by atoms with Crippen LogP contribution in [-0.2, 0) is 0 Å². The van der Waals surface area contributed by atoms with Crippen molar-refractivity contribution in [3.8, 4) is 0 Å². The van der Waals surface area contributed by atoms with Gasteiger partial charge in [-0.15, -0.1) is 0 Å². The second kappa shape index (κ2) is 4.52. The number of Topliss-reactive ketones (excluding diaryl/α,β-unsaturated/α-hetero) is 1.